The Labute approximate surface area is 140 Å². The van der Waals surface area contributed by atoms with Gasteiger partial charge < -0.3 is 9.80 Å². The van der Waals surface area contributed by atoms with Crippen molar-refractivity contribution >= 4 is 17.5 Å². The number of likely N-dealkylation sites (tertiary alicyclic amines) is 2. The zero-order chi connectivity index (χ0) is 16.7. The molecule has 2 amide bonds. The highest BCUT2D eigenvalue weighted by atomic mass is 16.2. The smallest absolute Gasteiger partial charge is 0.259 e. The molecule has 0 aliphatic carbocycles. The molecule has 2 aromatic rings. The summed E-state index contributed by atoms with van der Waals surface area (Å²) >= 11 is 0. The molecule has 4 heterocycles. The van der Waals surface area contributed by atoms with E-state index >= 15 is 0 Å². The summed E-state index contributed by atoms with van der Waals surface area (Å²) in [5.41, 5.74) is 0.713. The first-order valence-corrected chi connectivity index (χ1v) is 8.53. The van der Waals surface area contributed by atoms with Crippen LogP contribution in [0.1, 0.15) is 43.0 Å². The van der Waals surface area contributed by atoms with Gasteiger partial charge in [0.15, 0.2) is 5.65 Å². The molecular weight excluding hydrogens is 306 g/mol. The Kier molecular flexibility index (Phi) is 3.51. The number of hydrogen-bond donors (Lipinski definition) is 0. The summed E-state index contributed by atoms with van der Waals surface area (Å²) in [6, 6.07) is 1.78. The molecular formula is C17H21N5O2. The van der Waals surface area contributed by atoms with Gasteiger partial charge in [0.25, 0.3) is 5.91 Å². The lowest BCUT2D eigenvalue weighted by Gasteiger charge is -2.44. The van der Waals surface area contributed by atoms with Gasteiger partial charge in [-0.3, -0.25) is 9.59 Å². The molecule has 1 spiro atoms. The summed E-state index contributed by atoms with van der Waals surface area (Å²) in [6.45, 7) is 4.01. The van der Waals surface area contributed by atoms with Gasteiger partial charge in [-0.25, -0.2) is 9.50 Å². The molecule has 2 fully saturated rings. The van der Waals surface area contributed by atoms with Crippen LogP contribution in [0.2, 0.25) is 0 Å². The van der Waals surface area contributed by atoms with E-state index in [1.807, 2.05) is 16.7 Å². The Morgan fingerprint density at radius 2 is 2.25 bits per heavy atom. The van der Waals surface area contributed by atoms with Gasteiger partial charge in [-0.05, 0) is 32.3 Å². The molecule has 7 nitrogen and oxygen atoms in total. The molecule has 0 N–H and O–H groups in total. The fourth-order valence-electron chi connectivity index (χ4n) is 4.07. The van der Waals surface area contributed by atoms with Crippen LogP contribution in [-0.2, 0) is 4.79 Å². The van der Waals surface area contributed by atoms with Crippen LogP contribution < -0.4 is 0 Å². The lowest BCUT2D eigenvalue weighted by Crippen LogP contribution is -2.56. The first-order valence-electron chi connectivity index (χ1n) is 8.53. The predicted octanol–water partition coefficient (Wildman–Crippen LogP) is 1.35. The van der Waals surface area contributed by atoms with E-state index in [0.29, 0.717) is 37.3 Å². The largest absolute Gasteiger partial charge is 0.341 e. The van der Waals surface area contributed by atoms with Crippen LogP contribution in [0.3, 0.4) is 0 Å². The van der Waals surface area contributed by atoms with Crippen LogP contribution in [0.25, 0.3) is 5.65 Å². The van der Waals surface area contributed by atoms with Crippen LogP contribution >= 0.6 is 0 Å². The van der Waals surface area contributed by atoms with Gasteiger partial charge in [0.05, 0.1) is 18.2 Å². The third kappa shape index (κ3) is 2.18. The highest BCUT2D eigenvalue weighted by molar-refractivity contribution is 6.00. The van der Waals surface area contributed by atoms with E-state index in [4.69, 9.17) is 0 Å². The minimum atomic E-state index is -0.370. The van der Waals surface area contributed by atoms with Crippen LogP contribution in [0.4, 0.5) is 0 Å². The summed E-state index contributed by atoms with van der Waals surface area (Å²) < 4.78 is 1.61. The van der Waals surface area contributed by atoms with Crippen LogP contribution in [-0.4, -0.2) is 61.4 Å². The number of carbonyl (C=O) groups is 2. The molecule has 1 atom stereocenters. The van der Waals surface area contributed by atoms with Crippen molar-refractivity contribution in [2.24, 2.45) is 0 Å². The van der Waals surface area contributed by atoms with Crippen molar-refractivity contribution in [3.63, 3.8) is 0 Å². The number of piperidine rings is 1. The molecule has 126 valence electrons. The molecule has 4 rings (SSSR count). The number of aromatic nitrogens is 3. The SMILES string of the molecule is CCN1CC2(CCCCN2C(=O)c2cnn3cccnc23)CC1=O. The molecule has 2 aliphatic rings. The molecule has 24 heavy (non-hydrogen) atoms. The second-order valence-electron chi connectivity index (χ2n) is 6.67. The van der Waals surface area contributed by atoms with E-state index in [0.717, 1.165) is 19.3 Å². The topological polar surface area (TPSA) is 70.8 Å². The van der Waals surface area contributed by atoms with Crippen molar-refractivity contribution in [2.75, 3.05) is 19.6 Å². The van der Waals surface area contributed by atoms with E-state index in [1.165, 1.54) is 0 Å². The van der Waals surface area contributed by atoms with Crippen LogP contribution in [0, 0.1) is 0 Å². The Hall–Kier alpha value is -2.44. The zero-order valence-corrected chi connectivity index (χ0v) is 13.8. The van der Waals surface area contributed by atoms with E-state index in [-0.39, 0.29) is 17.4 Å². The Morgan fingerprint density at radius 1 is 1.38 bits per heavy atom. The maximum Gasteiger partial charge on any atom is 0.259 e. The maximum atomic E-state index is 13.2. The number of amides is 2. The summed E-state index contributed by atoms with van der Waals surface area (Å²) in [6.07, 6.45) is 8.37. The first kappa shape index (κ1) is 15.1. The summed E-state index contributed by atoms with van der Waals surface area (Å²) in [5, 5.41) is 4.22. The van der Waals surface area contributed by atoms with E-state index in [2.05, 4.69) is 10.1 Å². The number of likely N-dealkylation sites (N-methyl/N-ethyl adjacent to an activating group) is 1. The Bertz CT molecular complexity index is 801. The van der Waals surface area contributed by atoms with Crippen LogP contribution in [0.5, 0.6) is 0 Å². The fourth-order valence-corrected chi connectivity index (χ4v) is 4.07. The van der Waals surface area contributed by atoms with Gasteiger partial charge in [-0.2, -0.15) is 5.10 Å². The van der Waals surface area contributed by atoms with Crippen molar-refractivity contribution in [3.8, 4) is 0 Å². The molecule has 0 aromatic carbocycles. The monoisotopic (exact) mass is 327 g/mol. The maximum absolute atomic E-state index is 13.2. The number of hydrogen-bond acceptors (Lipinski definition) is 4. The Balaban J connectivity index is 1.71. The van der Waals surface area contributed by atoms with Gasteiger partial charge in [0.2, 0.25) is 5.91 Å². The molecule has 0 saturated carbocycles. The summed E-state index contributed by atoms with van der Waals surface area (Å²) in [5.74, 6) is 0.0874. The number of nitrogens with zero attached hydrogens (tertiary/aromatic N) is 5. The molecule has 2 aliphatic heterocycles. The average Bonchev–Trinajstić information content (AvgIpc) is 3.16. The van der Waals surface area contributed by atoms with Gasteiger partial charge >= 0.3 is 0 Å². The van der Waals surface area contributed by atoms with Crippen molar-refractivity contribution < 1.29 is 9.59 Å². The lowest BCUT2D eigenvalue weighted by molar-refractivity contribution is -0.127. The molecule has 0 radical (unpaired) electrons. The highest BCUT2D eigenvalue weighted by Crippen LogP contribution is 2.38. The second-order valence-corrected chi connectivity index (χ2v) is 6.67. The zero-order valence-electron chi connectivity index (χ0n) is 13.8. The summed E-state index contributed by atoms with van der Waals surface area (Å²) in [7, 11) is 0. The average molecular weight is 327 g/mol. The quantitative estimate of drug-likeness (QED) is 0.835. The van der Waals surface area contributed by atoms with Crippen molar-refractivity contribution in [1.82, 2.24) is 24.4 Å². The number of fused-ring (bicyclic) bond motifs is 1. The third-order valence-electron chi connectivity index (χ3n) is 5.30. The lowest BCUT2D eigenvalue weighted by atomic mass is 9.85. The minimum absolute atomic E-state index is 0.0610. The first-order chi connectivity index (χ1) is 11.6. The highest BCUT2D eigenvalue weighted by Gasteiger charge is 2.50. The second kappa shape index (κ2) is 5.58. The normalized spacial score (nSPS) is 24.3. The number of carbonyl (C=O) groups excluding carboxylic acids is 2. The van der Waals surface area contributed by atoms with Gasteiger partial charge in [-0.1, -0.05) is 0 Å². The van der Waals surface area contributed by atoms with Crippen molar-refractivity contribution in [3.05, 3.63) is 30.2 Å². The van der Waals surface area contributed by atoms with Crippen molar-refractivity contribution in [2.45, 2.75) is 38.1 Å². The fraction of sp³-hybridized carbons (Fsp3) is 0.529. The van der Waals surface area contributed by atoms with E-state index in [9.17, 15) is 9.59 Å². The molecule has 7 heteroatoms. The Morgan fingerprint density at radius 3 is 3.04 bits per heavy atom. The molecule has 2 aromatic heterocycles. The summed E-state index contributed by atoms with van der Waals surface area (Å²) in [4.78, 5) is 33.6. The molecule has 2 saturated heterocycles. The standard InChI is InChI=1S/C17H21N5O2/c1-2-20-12-17(10-14(20)23)6-3-4-8-21(17)16(24)13-11-19-22-9-5-7-18-15(13)22/h5,7,9,11H,2-4,6,8,10,12H2,1H3. The van der Waals surface area contributed by atoms with E-state index in [1.54, 1.807) is 29.2 Å². The van der Waals surface area contributed by atoms with Gasteiger partial charge in [-0.15, -0.1) is 0 Å². The minimum Gasteiger partial charge on any atom is -0.341 e. The molecule has 1 unspecified atom stereocenters. The third-order valence-corrected chi connectivity index (χ3v) is 5.30. The van der Waals surface area contributed by atoms with Crippen molar-refractivity contribution in [1.29, 1.82) is 0 Å². The van der Waals surface area contributed by atoms with Gasteiger partial charge in [0, 0.05) is 32.0 Å². The number of rotatable bonds is 2. The molecule has 0 bridgehead atoms. The van der Waals surface area contributed by atoms with Gasteiger partial charge in [0.1, 0.15) is 5.56 Å². The van der Waals surface area contributed by atoms with Crippen LogP contribution in [0.15, 0.2) is 24.7 Å². The predicted molar refractivity (Wildman–Crippen MR) is 87.5 cm³/mol. The van der Waals surface area contributed by atoms with E-state index < -0.39 is 0 Å².